The fourth-order valence-corrected chi connectivity index (χ4v) is 3.03. The molecule has 0 bridgehead atoms. The molecule has 5 nitrogen and oxygen atoms in total. The number of halogens is 1. The Bertz CT molecular complexity index is 839. The molecule has 2 rings (SSSR count). The summed E-state index contributed by atoms with van der Waals surface area (Å²) < 4.78 is 23.7. The molecule has 1 amide bonds. The monoisotopic (exact) mass is 414 g/mol. The van der Waals surface area contributed by atoms with E-state index in [0.29, 0.717) is 6.54 Å². The predicted molar refractivity (Wildman–Crippen MR) is 118 cm³/mol. The van der Waals surface area contributed by atoms with Crippen LogP contribution in [0, 0.1) is 5.82 Å². The van der Waals surface area contributed by atoms with Gasteiger partial charge >= 0.3 is 0 Å². The van der Waals surface area contributed by atoms with Gasteiger partial charge in [-0.15, -0.1) is 0 Å². The van der Waals surface area contributed by atoms with Gasteiger partial charge in [0, 0.05) is 19.5 Å². The Kier molecular flexibility index (Phi) is 9.87. The van der Waals surface area contributed by atoms with E-state index in [9.17, 15) is 9.18 Å². The van der Waals surface area contributed by atoms with Crippen LogP contribution in [0.3, 0.4) is 0 Å². The van der Waals surface area contributed by atoms with Crippen LogP contribution in [0.15, 0.2) is 48.5 Å². The van der Waals surface area contributed by atoms with E-state index in [1.54, 1.807) is 38.5 Å². The highest BCUT2D eigenvalue weighted by Gasteiger charge is 2.06. The zero-order chi connectivity index (χ0) is 21.8. The zero-order valence-electron chi connectivity index (χ0n) is 18.0. The van der Waals surface area contributed by atoms with E-state index >= 15 is 0 Å². The minimum Gasteiger partial charge on any atom is -0.493 e. The molecule has 0 saturated carbocycles. The fraction of sp³-hybridized carbons (Fsp3) is 0.375. The quantitative estimate of drug-likeness (QED) is 0.535. The topological polar surface area (TPSA) is 50.8 Å². The van der Waals surface area contributed by atoms with Crippen molar-refractivity contribution in [2.24, 2.45) is 0 Å². The summed E-state index contributed by atoms with van der Waals surface area (Å²) in [7, 11) is 5.34. The van der Waals surface area contributed by atoms with Crippen LogP contribution < -0.4 is 14.8 Å². The molecule has 0 unspecified atom stereocenters. The maximum absolute atomic E-state index is 13.1. The first-order valence-electron chi connectivity index (χ1n) is 10.1. The van der Waals surface area contributed by atoms with E-state index in [-0.39, 0.29) is 18.1 Å². The summed E-state index contributed by atoms with van der Waals surface area (Å²) in [6.45, 7) is 2.44. The first kappa shape index (κ1) is 23.4. The third-order valence-corrected chi connectivity index (χ3v) is 4.73. The minimum atomic E-state index is -0.281. The standard InChI is InChI=1S/C24H31FN2O3/c1-27(16-13-20-11-12-22(29-2)23(18-20)30-3)15-6-14-26-24(28)10-5-8-19-7-4-9-21(25)17-19/h4-5,7-9,11-12,17-18H,6,10,13-16H2,1-3H3,(H,26,28)/b8-5+. The molecule has 6 heteroatoms. The predicted octanol–water partition coefficient (Wildman–Crippen LogP) is 3.93. The van der Waals surface area contributed by atoms with Crippen LogP contribution in [0.25, 0.3) is 6.08 Å². The second-order valence-corrected chi connectivity index (χ2v) is 7.11. The summed E-state index contributed by atoms with van der Waals surface area (Å²) in [5, 5.41) is 2.92. The van der Waals surface area contributed by atoms with Gasteiger partial charge in [0.25, 0.3) is 0 Å². The summed E-state index contributed by atoms with van der Waals surface area (Å²) in [5.41, 5.74) is 1.94. The van der Waals surface area contributed by atoms with Crippen LogP contribution in [0.4, 0.5) is 4.39 Å². The number of hydrogen-bond acceptors (Lipinski definition) is 4. The number of methoxy groups -OCH3 is 2. The van der Waals surface area contributed by atoms with Crippen molar-refractivity contribution in [2.45, 2.75) is 19.3 Å². The average Bonchev–Trinajstić information content (AvgIpc) is 2.75. The number of ether oxygens (including phenoxy) is 2. The second-order valence-electron chi connectivity index (χ2n) is 7.11. The molecular formula is C24H31FN2O3. The average molecular weight is 415 g/mol. The molecule has 2 aromatic rings. The van der Waals surface area contributed by atoms with E-state index in [1.165, 1.54) is 17.7 Å². The van der Waals surface area contributed by atoms with E-state index in [1.807, 2.05) is 18.2 Å². The van der Waals surface area contributed by atoms with E-state index in [2.05, 4.69) is 17.3 Å². The van der Waals surface area contributed by atoms with Crippen LogP contribution in [-0.4, -0.2) is 51.7 Å². The molecule has 0 aliphatic rings. The van der Waals surface area contributed by atoms with Gasteiger partial charge in [0.2, 0.25) is 5.91 Å². The lowest BCUT2D eigenvalue weighted by atomic mass is 10.1. The first-order chi connectivity index (χ1) is 14.5. The molecule has 0 aliphatic carbocycles. The summed E-state index contributed by atoms with van der Waals surface area (Å²) >= 11 is 0. The zero-order valence-corrected chi connectivity index (χ0v) is 18.0. The number of benzene rings is 2. The minimum absolute atomic E-state index is 0.0318. The van der Waals surface area contributed by atoms with Crippen molar-refractivity contribution in [1.82, 2.24) is 10.2 Å². The van der Waals surface area contributed by atoms with E-state index < -0.39 is 0 Å². The van der Waals surface area contributed by atoms with Crippen LogP contribution in [-0.2, 0) is 11.2 Å². The number of rotatable bonds is 12. The maximum atomic E-state index is 13.1. The summed E-state index contributed by atoms with van der Waals surface area (Å²) in [5.74, 6) is 1.16. The first-order valence-corrected chi connectivity index (χ1v) is 10.1. The molecule has 0 radical (unpaired) electrons. The highest BCUT2D eigenvalue weighted by Crippen LogP contribution is 2.27. The molecule has 162 valence electrons. The van der Waals surface area contributed by atoms with Gasteiger partial charge in [0.15, 0.2) is 11.5 Å². The van der Waals surface area contributed by atoms with Crippen molar-refractivity contribution in [3.05, 3.63) is 65.5 Å². The molecule has 2 aromatic carbocycles. The van der Waals surface area contributed by atoms with E-state index in [4.69, 9.17) is 9.47 Å². The summed E-state index contributed by atoms with van der Waals surface area (Å²) in [4.78, 5) is 14.1. The number of nitrogens with one attached hydrogen (secondary N) is 1. The lowest BCUT2D eigenvalue weighted by molar-refractivity contribution is -0.120. The third-order valence-electron chi connectivity index (χ3n) is 4.73. The Labute approximate surface area is 178 Å². The van der Waals surface area contributed by atoms with Crippen molar-refractivity contribution in [3.8, 4) is 11.5 Å². The number of hydrogen-bond donors (Lipinski definition) is 1. The van der Waals surface area contributed by atoms with Crippen molar-refractivity contribution in [2.75, 3.05) is 40.9 Å². The van der Waals surface area contributed by atoms with Gasteiger partial charge in [0.1, 0.15) is 5.82 Å². The van der Waals surface area contributed by atoms with Crippen molar-refractivity contribution >= 4 is 12.0 Å². The molecule has 0 aromatic heterocycles. The van der Waals surface area contributed by atoms with Gasteiger partial charge in [0.05, 0.1) is 14.2 Å². The SMILES string of the molecule is COc1ccc(CCN(C)CCCNC(=O)C/C=C/c2cccc(F)c2)cc1OC. The summed E-state index contributed by atoms with van der Waals surface area (Å²) in [6.07, 6.45) is 5.57. The number of likely N-dealkylation sites (N-methyl/N-ethyl adjacent to an activating group) is 1. The molecular weight excluding hydrogens is 383 g/mol. The van der Waals surface area contributed by atoms with Gasteiger partial charge in [-0.3, -0.25) is 4.79 Å². The molecule has 0 aliphatic heterocycles. The van der Waals surface area contributed by atoms with Crippen molar-refractivity contribution < 1.29 is 18.7 Å². The van der Waals surface area contributed by atoms with Crippen LogP contribution in [0.1, 0.15) is 24.0 Å². The summed E-state index contributed by atoms with van der Waals surface area (Å²) in [6, 6.07) is 12.3. The van der Waals surface area contributed by atoms with E-state index in [0.717, 1.165) is 43.0 Å². The van der Waals surface area contributed by atoms with Gasteiger partial charge in [-0.05, 0) is 61.8 Å². The molecule has 0 atom stereocenters. The van der Waals surface area contributed by atoms with Crippen molar-refractivity contribution in [1.29, 1.82) is 0 Å². The molecule has 0 fully saturated rings. The fourth-order valence-electron chi connectivity index (χ4n) is 3.03. The van der Waals surface area contributed by atoms with Crippen LogP contribution >= 0.6 is 0 Å². The molecule has 0 saturated heterocycles. The third kappa shape index (κ3) is 8.25. The van der Waals surface area contributed by atoms with Gasteiger partial charge in [-0.25, -0.2) is 4.39 Å². The van der Waals surface area contributed by atoms with Crippen LogP contribution in [0.5, 0.6) is 11.5 Å². The lowest BCUT2D eigenvalue weighted by Gasteiger charge is -2.17. The molecule has 0 spiro atoms. The number of carbonyl (C=O) groups excluding carboxylic acids is 1. The molecule has 0 heterocycles. The smallest absolute Gasteiger partial charge is 0.223 e. The Hall–Kier alpha value is -2.86. The maximum Gasteiger partial charge on any atom is 0.223 e. The number of amides is 1. The lowest BCUT2D eigenvalue weighted by Crippen LogP contribution is -2.28. The highest BCUT2D eigenvalue weighted by molar-refractivity contribution is 5.78. The molecule has 1 N–H and O–H groups in total. The second kappa shape index (κ2) is 12.6. The Morgan fingerprint density at radius 1 is 1.10 bits per heavy atom. The normalized spacial score (nSPS) is 11.1. The Morgan fingerprint density at radius 3 is 2.63 bits per heavy atom. The Morgan fingerprint density at radius 2 is 1.90 bits per heavy atom. The number of nitrogens with zero attached hydrogens (tertiary/aromatic N) is 1. The number of carbonyl (C=O) groups is 1. The van der Waals surface area contributed by atoms with Crippen LogP contribution in [0.2, 0.25) is 0 Å². The Balaban J connectivity index is 1.61. The largest absolute Gasteiger partial charge is 0.493 e. The molecule has 30 heavy (non-hydrogen) atoms. The van der Waals surface area contributed by atoms with Gasteiger partial charge < -0.3 is 19.7 Å². The van der Waals surface area contributed by atoms with Crippen molar-refractivity contribution in [3.63, 3.8) is 0 Å². The van der Waals surface area contributed by atoms with Gasteiger partial charge in [-0.2, -0.15) is 0 Å². The van der Waals surface area contributed by atoms with Gasteiger partial charge in [-0.1, -0.05) is 30.4 Å². The highest BCUT2D eigenvalue weighted by atomic mass is 19.1.